The summed E-state index contributed by atoms with van der Waals surface area (Å²) in [5.41, 5.74) is 4.65. The number of aromatic amines is 1. The van der Waals surface area contributed by atoms with Gasteiger partial charge in [-0.25, -0.2) is 13.1 Å². The summed E-state index contributed by atoms with van der Waals surface area (Å²) < 4.78 is 27.8. The van der Waals surface area contributed by atoms with E-state index in [0.29, 0.717) is 18.7 Å². The van der Waals surface area contributed by atoms with Crippen LogP contribution in [0.4, 0.5) is 0 Å². The van der Waals surface area contributed by atoms with Gasteiger partial charge in [-0.15, -0.1) is 0 Å². The molecule has 1 fully saturated rings. The molecule has 1 aliphatic carbocycles. The van der Waals surface area contributed by atoms with Crippen molar-refractivity contribution in [1.29, 1.82) is 0 Å². The maximum atomic E-state index is 13.3. The molecule has 5 rings (SSSR count). The topological polar surface area (TPSA) is 82.3 Å². The first-order valence-corrected chi connectivity index (χ1v) is 11.4. The van der Waals surface area contributed by atoms with E-state index in [4.69, 9.17) is 0 Å². The molecule has 29 heavy (non-hydrogen) atoms. The molecule has 2 heterocycles. The highest BCUT2D eigenvalue weighted by molar-refractivity contribution is 7.89. The lowest BCUT2D eigenvalue weighted by Crippen LogP contribution is -2.36. The fourth-order valence-electron chi connectivity index (χ4n) is 4.00. The molecule has 2 N–H and O–H groups in total. The van der Waals surface area contributed by atoms with Gasteiger partial charge in [-0.05, 0) is 43.5 Å². The van der Waals surface area contributed by atoms with Crippen LogP contribution in [0.1, 0.15) is 40.0 Å². The minimum atomic E-state index is -3.59. The maximum absolute atomic E-state index is 13.3. The van der Waals surface area contributed by atoms with Crippen LogP contribution in [0.15, 0.2) is 47.4 Å². The summed E-state index contributed by atoms with van der Waals surface area (Å²) in [5.74, 6) is -0.123. The summed E-state index contributed by atoms with van der Waals surface area (Å²) in [5, 5.41) is 1.14. The van der Waals surface area contributed by atoms with Crippen LogP contribution in [0.3, 0.4) is 0 Å². The molecule has 2 aromatic carbocycles. The predicted octanol–water partition coefficient (Wildman–Crippen LogP) is 3.12. The molecule has 2 aliphatic rings. The number of carbonyl (C=O) groups excluding carboxylic acids is 1. The van der Waals surface area contributed by atoms with Gasteiger partial charge in [-0.3, -0.25) is 4.79 Å². The number of para-hydroxylation sites is 1. The van der Waals surface area contributed by atoms with Gasteiger partial charge in [-0.2, -0.15) is 0 Å². The Morgan fingerprint density at radius 2 is 1.97 bits per heavy atom. The van der Waals surface area contributed by atoms with Crippen LogP contribution in [0, 0.1) is 6.92 Å². The summed E-state index contributed by atoms with van der Waals surface area (Å²) in [6.07, 6.45) is 2.51. The van der Waals surface area contributed by atoms with Crippen molar-refractivity contribution < 1.29 is 13.2 Å². The van der Waals surface area contributed by atoms with E-state index in [0.717, 1.165) is 41.3 Å². The third-order valence-corrected chi connectivity index (χ3v) is 7.34. The molecule has 1 amide bonds. The Morgan fingerprint density at radius 3 is 2.76 bits per heavy atom. The SMILES string of the molecule is Cc1ccc(S(=O)(=O)NC2CC2)cc1C(=O)N1CCc2[nH]c3ccccc3c2C1. The number of nitrogens with zero attached hydrogens (tertiary/aromatic N) is 1. The molecule has 0 saturated heterocycles. The zero-order chi connectivity index (χ0) is 20.2. The van der Waals surface area contributed by atoms with Crippen molar-refractivity contribution in [3.05, 3.63) is 64.8 Å². The van der Waals surface area contributed by atoms with E-state index >= 15 is 0 Å². The lowest BCUT2D eigenvalue weighted by molar-refractivity contribution is 0.0734. The van der Waals surface area contributed by atoms with Gasteiger partial charge in [0.1, 0.15) is 0 Å². The maximum Gasteiger partial charge on any atom is 0.254 e. The minimum absolute atomic E-state index is 0.0304. The first-order valence-electron chi connectivity index (χ1n) is 9.93. The van der Waals surface area contributed by atoms with Gasteiger partial charge < -0.3 is 9.88 Å². The number of nitrogens with one attached hydrogen (secondary N) is 2. The monoisotopic (exact) mass is 409 g/mol. The van der Waals surface area contributed by atoms with E-state index in [9.17, 15) is 13.2 Å². The Hall–Kier alpha value is -2.64. The van der Waals surface area contributed by atoms with Crippen LogP contribution in [0.2, 0.25) is 0 Å². The van der Waals surface area contributed by atoms with Crippen molar-refractivity contribution >= 4 is 26.8 Å². The average molecular weight is 410 g/mol. The molecule has 1 aromatic heterocycles. The van der Waals surface area contributed by atoms with Crippen LogP contribution >= 0.6 is 0 Å². The second-order valence-electron chi connectivity index (χ2n) is 7.98. The quantitative estimate of drug-likeness (QED) is 0.695. The zero-order valence-corrected chi connectivity index (χ0v) is 17.1. The van der Waals surface area contributed by atoms with Gasteiger partial charge in [0.05, 0.1) is 4.90 Å². The predicted molar refractivity (Wildman–Crippen MR) is 111 cm³/mol. The highest BCUT2D eigenvalue weighted by Crippen LogP contribution is 2.29. The highest BCUT2D eigenvalue weighted by atomic mass is 32.2. The first kappa shape index (κ1) is 18.4. The largest absolute Gasteiger partial charge is 0.358 e. The van der Waals surface area contributed by atoms with Crippen LogP contribution in [-0.4, -0.2) is 36.8 Å². The molecule has 1 aliphatic heterocycles. The molecule has 0 spiro atoms. The van der Waals surface area contributed by atoms with Gasteiger partial charge in [-0.1, -0.05) is 24.3 Å². The van der Waals surface area contributed by atoms with Gasteiger partial charge in [0, 0.05) is 53.3 Å². The Bertz CT molecular complexity index is 1230. The number of benzene rings is 2. The number of carbonyl (C=O) groups is 1. The summed E-state index contributed by atoms with van der Waals surface area (Å²) in [6, 6.07) is 13.0. The lowest BCUT2D eigenvalue weighted by atomic mass is 10.0. The number of aryl methyl sites for hydroxylation is 1. The van der Waals surface area contributed by atoms with E-state index < -0.39 is 10.0 Å². The van der Waals surface area contributed by atoms with Crippen molar-refractivity contribution in [3.8, 4) is 0 Å². The Labute approximate surface area is 170 Å². The number of fused-ring (bicyclic) bond motifs is 3. The lowest BCUT2D eigenvalue weighted by Gasteiger charge is -2.28. The van der Waals surface area contributed by atoms with Crippen molar-refractivity contribution in [2.75, 3.05) is 6.54 Å². The average Bonchev–Trinajstić information content (AvgIpc) is 3.43. The molecule has 7 heteroatoms. The molecule has 150 valence electrons. The second-order valence-corrected chi connectivity index (χ2v) is 9.69. The van der Waals surface area contributed by atoms with Crippen LogP contribution < -0.4 is 4.72 Å². The normalized spacial score (nSPS) is 16.8. The fraction of sp³-hybridized carbons (Fsp3) is 0.318. The zero-order valence-electron chi connectivity index (χ0n) is 16.2. The molecular weight excluding hydrogens is 386 g/mol. The number of H-pyrrole nitrogens is 1. The minimum Gasteiger partial charge on any atom is -0.358 e. The van der Waals surface area contributed by atoms with Gasteiger partial charge in [0.25, 0.3) is 5.91 Å². The summed E-state index contributed by atoms with van der Waals surface area (Å²) in [6.45, 7) is 2.98. The number of aromatic nitrogens is 1. The van der Waals surface area contributed by atoms with Crippen molar-refractivity contribution in [1.82, 2.24) is 14.6 Å². The number of sulfonamides is 1. The number of amides is 1. The first-order chi connectivity index (χ1) is 13.9. The molecule has 6 nitrogen and oxygen atoms in total. The standard InChI is InChI=1S/C22H23N3O3S/c1-14-6-9-16(29(27,28)24-15-7-8-15)12-18(14)22(26)25-11-10-21-19(13-25)17-4-2-3-5-20(17)23-21/h2-6,9,12,15,23-24H,7-8,10-11,13H2,1H3. The van der Waals surface area contributed by atoms with E-state index in [1.54, 1.807) is 12.1 Å². The van der Waals surface area contributed by atoms with Crippen LogP contribution in [-0.2, 0) is 23.0 Å². The van der Waals surface area contributed by atoms with E-state index in [1.807, 2.05) is 30.0 Å². The van der Waals surface area contributed by atoms with Crippen LogP contribution in [0.5, 0.6) is 0 Å². The Kier molecular flexibility index (Phi) is 4.26. The van der Waals surface area contributed by atoms with Gasteiger partial charge >= 0.3 is 0 Å². The second kappa shape index (κ2) is 6.71. The highest BCUT2D eigenvalue weighted by Gasteiger charge is 2.30. The molecular formula is C22H23N3O3S. The molecule has 0 bridgehead atoms. The molecule has 0 radical (unpaired) electrons. The summed E-state index contributed by atoms with van der Waals surface area (Å²) in [4.78, 5) is 18.7. The smallest absolute Gasteiger partial charge is 0.254 e. The van der Waals surface area contributed by atoms with Crippen molar-refractivity contribution in [2.24, 2.45) is 0 Å². The Balaban J connectivity index is 1.45. The molecule has 0 unspecified atom stereocenters. The number of hydrogen-bond acceptors (Lipinski definition) is 3. The van der Waals surface area contributed by atoms with Crippen molar-refractivity contribution in [2.45, 2.75) is 43.7 Å². The molecule has 1 saturated carbocycles. The molecule has 0 atom stereocenters. The van der Waals surface area contributed by atoms with E-state index in [-0.39, 0.29) is 16.8 Å². The summed E-state index contributed by atoms with van der Waals surface area (Å²) >= 11 is 0. The number of rotatable bonds is 4. The Morgan fingerprint density at radius 1 is 1.17 bits per heavy atom. The number of hydrogen-bond donors (Lipinski definition) is 2. The van der Waals surface area contributed by atoms with Crippen LogP contribution in [0.25, 0.3) is 10.9 Å². The van der Waals surface area contributed by atoms with Gasteiger partial charge in [0.15, 0.2) is 0 Å². The third kappa shape index (κ3) is 3.34. The fourth-order valence-corrected chi connectivity index (χ4v) is 5.33. The van der Waals surface area contributed by atoms with E-state index in [2.05, 4.69) is 15.8 Å². The van der Waals surface area contributed by atoms with E-state index in [1.165, 1.54) is 11.8 Å². The summed E-state index contributed by atoms with van der Waals surface area (Å²) in [7, 11) is -3.59. The third-order valence-electron chi connectivity index (χ3n) is 5.82. The van der Waals surface area contributed by atoms with Crippen molar-refractivity contribution in [3.63, 3.8) is 0 Å². The van der Waals surface area contributed by atoms with Gasteiger partial charge in [0.2, 0.25) is 10.0 Å². The molecule has 3 aromatic rings.